The van der Waals surface area contributed by atoms with Crippen LogP contribution < -0.4 is 20.5 Å². The van der Waals surface area contributed by atoms with Gasteiger partial charge in [-0.3, -0.25) is 0 Å². The Morgan fingerprint density at radius 2 is 1.93 bits per heavy atom. The number of carbonyl (C=O) groups excluding carboxylic acids is 2. The Morgan fingerprint density at radius 3 is 2.63 bits per heavy atom. The van der Waals surface area contributed by atoms with E-state index in [2.05, 4.69) is 10.3 Å². The van der Waals surface area contributed by atoms with Crippen molar-refractivity contribution in [3.63, 3.8) is 0 Å². The van der Waals surface area contributed by atoms with Crippen LogP contribution in [-0.4, -0.2) is 30.4 Å². The van der Waals surface area contributed by atoms with Gasteiger partial charge in [-0.1, -0.05) is 23.2 Å². The number of primary amides is 1. The lowest BCUT2D eigenvalue weighted by Crippen LogP contribution is -2.20. The minimum atomic E-state index is -0.845. The van der Waals surface area contributed by atoms with E-state index in [1.807, 2.05) is 0 Å². The molecule has 4 rings (SSSR count). The number of nitrogens with two attached hydrogens (primary N) is 1. The highest BCUT2D eigenvalue weighted by atomic mass is 35.5. The Kier molecular flexibility index (Phi) is 5.27. The van der Waals surface area contributed by atoms with Crippen LogP contribution in [0.4, 0.5) is 10.5 Å². The first-order valence-corrected chi connectivity index (χ1v) is 9.61. The number of hydrogen-bond donors (Lipinski definition) is 2. The molecule has 0 aliphatic carbocycles. The number of halogens is 2. The van der Waals surface area contributed by atoms with Crippen LogP contribution >= 0.6 is 23.2 Å². The fourth-order valence-corrected chi connectivity index (χ4v) is 3.50. The summed E-state index contributed by atoms with van der Waals surface area (Å²) in [7, 11) is 0. The predicted octanol–water partition coefficient (Wildman–Crippen LogP) is 4.60. The summed E-state index contributed by atoms with van der Waals surface area (Å²) in [5.41, 5.74) is 6.73. The molecule has 0 spiro atoms. The Labute approximate surface area is 180 Å². The number of pyridine rings is 1. The van der Waals surface area contributed by atoms with E-state index < -0.39 is 12.0 Å². The van der Waals surface area contributed by atoms with Crippen LogP contribution in [0.25, 0.3) is 22.2 Å². The van der Waals surface area contributed by atoms with E-state index in [0.29, 0.717) is 28.0 Å². The van der Waals surface area contributed by atoms with Crippen LogP contribution in [0.5, 0.6) is 11.5 Å². The molecule has 0 radical (unpaired) electrons. The maximum Gasteiger partial charge on any atom is 0.340 e. The highest BCUT2D eigenvalue weighted by Crippen LogP contribution is 2.41. The summed E-state index contributed by atoms with van der Waals surface area (Å²) in [5.74, 6) is 0.502. The van der Waals surface area contributed by atoms with Crippen molar-refractivity contribution in [3.05, 3.63) is 45.9 Å². The molecule has 2 heterocycles. The highest BCUT2D eigenvalue weighted by molar-refractivity contribution is 6.44. The summed E-state index contributed by atoms with van der Waals surface area (Å²) in [4.78, 5) is 28.9. The molecule has 1 aromatic heterocycles. The molecule has 1 aliphatic rings. The Morgan fingerprint density at radius 1 is 1.20 bits per heavy atom. The molecular weight excluding hydrogens is 433 g/mol. The Hall–Kier alpha value is -3.23. The van der Waals surface area contributed by atoms with Crippen molar-refractivity contribution in [2.45, 2.75) is 6.92 Å². The molecule has 3 N–H and O–H groups in total. The van der Waals surface area contributed by atoms with Gasteiger partial charge in [0.05, 0.1) is 39.1 Å². The van der Waals surface area contributed by atoms with Gasteiger partial charge in [0, 0.05) is 17.0 Å². The van der Waals surface area contributed by atoms with Gasteiger partial charge in [-0.25, -0.2) is 14.6 Å². The van der Waals surface area contributed by atoms with Gasteiger partial charge in [0.15, 0.2) is 11.5 Å². The van der Waals surface area contributed by atoms with Crippen molar-refractivity contribution in [1.82, 2.24) is 4.98 Å². The lowest BCUT2D eigenvalue weighted by Gasteiger charge is -2.16. The number of anilines is 1. The highest BCUT2D eigenvalue weighted by Gasteiger charge is 2.24. The summed E-state index contributed by atoms with van der Waals surface area (Å²) in [6.45, 7) is 1.97. The minimum Gasteiger partial charge on any atom is -0.462 e. The lowest BCUT2D eigenvalue weighted by molar-refractivity contribution is 0.0527. The van der Waals surface area contributed by atoms with Gasteiger partial charge in [-0.2, -0.15) is 0 Å². The summed E-state index contributed by atoms with van der Waals surface area (Å²) in [5, 5.41) is 3.37. The van der Waals surface area contributed by atoms with Crippen molar-refractivity contribution in [3.8, 4) is 22.8 Å². The number of nitrogens with zero attached hydrogens (tertiary/aromatic N) is 1. The third-order valence-electron chi connectivity index (χ3n) is 4.40. The molecule has 0 saturated heterocycles. The van der Waals surface area contributed by atoms with E-state index in [1.165, 1.54) is 6.07 Å². The number of ether oxygens (including phenoxy) is 3. The topological polar surface area (TPSA) is 113 Å². The molecule has 0 bridgehead atoms. The molecule has 154 valence electrons. The van der Waals surface area contributed by atoms with E-state index in [0.717, 1.165) is 0 Å². The van der Waals surface area contributed by atoms with Crippen molar-refractivity contribution < 1.29 is 23.8 Å². The molecule has 10 heteroatoms. The van der Waals surface area contributed by atoms with E-state index in [9.17, 15) is 9.59 Å². The third-order valence-corrected chi connectivity index (χ3v) is 5.21. The van der Waals surface area contributed by atoms with Gasteiger partial charge >= 0.3 is 12.0 Å². The average molecular weight is 448 g/mol. The molecule has 30 heavy (non-hydrogen) atoms. The van der Waals surface area contributed by atoms with Gasteiger partial charge < -0.3 is 25.3 Å². The van der Waals surface area contributed by atoms with Crippen LogP contribution in [0.1, 0.15) is 17.3 Å². The second-order valence-electron chi connectivity index (χ2n) is 6.28. The quantitative estimate of drug-likeness (QED) is 0.564. The van der Waals surface area contributed by atoms with Crippen molar-refractivity contribution >= 4 is 51.8 Å². The molecule has 0 atom stereocenters. The number of carbonyl (C=O) groups is 2. The number of esters is 1. The number of aromatic nitrogens is 1. The second kappa shape index (κ2) is 7.89. The largest absolute Gasteiger partial charge is 0.462 e. The first-order chi connectivity index (χ1) is 14.4. The van der Waals surface area contributed by atoms with Crippen LogP contribution in [0.15, 0.2) is 30.3 Å². The first-order valence-electron chi connectivity index (χ1n) is 8.85. The number of urea groups is 1. The number of hydrogen-bond acceptors (Lipinski definition) is 6. The van der Waals surface area contributed by atoms with Gasteiger partial charge in [0.2, 0.25) is 6.79 Å². The average Bonchev–Trinajstić information content (AvgIpc) is 3.16. The van der Waals surface area contributed by atoms with E-state index in [1.54, 1.807) is 31.2 Å². The van der Waals surface area contributed by atoms with Crippen molar-refractivity contribution in [2.75, 3.05) is 18.7 Å². The smallest absolute Gasteiger partial charge is 0.340 e. The standard InChI is InChI=1S/C20H15Cl2N3O5/c1-2-28-19(26)11-5-9-6-14-15(30-8-29-14)7-13(9)24-17(11)10-3-4-12(21)16(22)18(10)25-20(23)27/h3-7H,2,8H2,1H3,(H3,23,25,27). The maximum atomic E-state index is 12.7. The molecule has 2 amide bonds. The monoisotopic (exact) mass is 447 g/mol. The lowest BCUT2D eigenvalue weighted by atomic mass is 10.0. The van der Waals surface area contributed by atoms with Crippen molar-refractivity contribution in [1.29, 1.82) is 0 Å². The van der Waals surface area contributed by atoms with Crippen LogP contribution in [0.2, 0.25) is 10.0 Å². The van der Waals surface area contributed by atoms with Crippen LogP contribution in [-0.2, 0) is 4.74 Å². The number of rotatable bonds is 4. The molecule has 1 aliphatic heterocycles. The molecule has 3 aromatic rings. The van der Waals surface area contributed by atoms with Gasteiger partial charge in [-0.15, -0.1) is 0 Å². The zero-order chi connectivity index (χ0) is 21.4. The molecule has 0 saturated carbocycles. The van der Waals surface area contributed by atoms with E-state index >= 15 is 0 Å². The van der Waals surface area contributed by atoms with Gasteiger partial charge in [-0.05, 0) is 31.2 Å². The second-order valence-corrected chi connectivity index (χ2v) is 7.06. The molecule has 0 unspecified atom stereocenters. The fourth-order valence-electron chi connectivity index (χ4n) is 3.13. The summed E-state index contributed by atoms with van der Waals surface area (Å²) in [6, 6.07) is 7.34. The molecule has 2 aromatic carbocycles. The van der Waals surface area contributed by atoms with Gasteiger partial charge in [0.25, 0.3) is 0 Å². The Balaban J connectivity index is 2.00. The molecular formula is C20H15Cl2N3O5. The maximum absolute atomic E-state index is 12.7. The fraction of sp³-hybridized carbons (Fsp3) is 0.150. The van der Waals surface area contributed by atoms with Crippen LogP contribution in [0.3, 0.4) is 0 Å². The number of nitrogens with one attached hydrogen (secondary N) is 1. The van der Waals surface area contributed by atoms with E-state index in [-0.39, 0.29) is 40.4 Å². The normalized spacial score (nSPS) is 12.1. The van der Waals surface area contributed by atoms with E-state index in [4.69, 9.17) is 43.1 Å². The predicted molar refractivity (Wildman–Crippen MR) is 112 cm³/mol. The molecule has 8 nitrogen and oxygen atoms in total. The number of benzene rings is 2. The number of fused-ring (bicyclic) bond motifs is 2. The number of amides is 2. The Bertz CT molecular complexity index is 1200. The zero-order valence-electron chi connectivity index (χ0n) is 15.6. The van der Waals surface area contributed by atoms with Crippen LogP contribution in [0, 0.1) is 0 Å². The molecule has 0 fully saturated rings. The zero-order valence-corrected chi connectivity index (χ0v) is 17.1. The summed E-state index contributed by atoms with van der Waals surface area (Å²) >= 11 is 12.4. The SMILES string of the molecule is CCOC(=O)c1cc2cc3c(cc2nc1-c1ccc(Cl)c(Cl)c1NC(N)=O)OCO3. The van der Waals surface area contributed by atoms with Gasteiger partial charge in [0.1, 0.15) is 0 Å². The summed E-state index contributed by atoms with van der Waals surface area (Å²) in [6.07, 6.45) is 0. The minimum absolute atomic E-state index is 0.0651. The first kappa shape index (κ1) is 20.1. The third kappa shape index (κ3) is 3.55. The van der Waals surface area contributed by atoms with Crippen molar-refractivity contribution in [2.24, 2.45) is 5.73 Å². The summed E-state index contributed by atoms with van der Waals surface area (Å²) < 4.78 is 16.0.